The number of hydrogen-bond donors (Lipinski definition) is 0. The number of benzene rings is 8. The van der Waals surface area contributed by atoms with Crippen molar-refractivity contribution in [3.63, 3.8) is 0 Å². The highest BCUT2D eigenvalue weighted by Crippen LogP contribution is 2.46. The number of hydrogen-bond acceptors (Lipinski definition) is 1. The standard InChI is InChI=1S/C68H54N2.C2H6/c1-4-5-8-15-48-23-33-59(34-24-48)70-65-43-55(49-16-9-6-10-17-49)31-39-62(65)63-40-32-56(44-66(63)70)50-27-35-58(36-28-50)69(60-38-30-54-41-57(54)42-60)61-37-29-51-20-13-14-47(3)67(64(51)45-61)68(52-18-11-7-12-19-52)53-25-21-46(2)22-26-53;1-2/h4-14,16-21,23-40,42-46H,1,15,22,41H2,2-3H3;1-2H3/b8-5-,68-67+;. The van der Waals surface area contributed by atoms with Crippen LogP contribution >= 0.6 is 0 Å². The van der Waals surface area contributed by atoms with Crippen molar-refractivity contribution in [1.82, 2.24) is 4.57 Å². The third kappa shape index (κ3) is 8.97. The van der Waals surface area contributed by atoms with Gasteiger partial charge in [0, 0.05) is 33.5 Å². The van der Waals surface area contributed by atoms with Crippen LogP contribution in [0.3, 0.4) is 0 Å². The summed E-state index contributed by atoms with van der Waals surface area (Å²) in [5, 5.41) is 2.48. The Labute approximate surface area is 426 Å². The molecule has 0 amide bonds. The highest BCUT2D eigenvalue weighted by atomic mass is 15.1. The van der Waals surface area contributed by atoms with Crippen LogP contribution < -0.4 is 4.90 Å². The van der Waals surface area contributed by atoms with Crippen molar-refractivity contribution in [2.75, 3.05) is 4.90 Å². The van der Waals surface area contributed by atoms with Gasteiger partial charge in [-0.05, 0) is 171 Å². The molecule has 0 N–H and O–H groups in total. The lowest BCUT2D eigenvalue weighted by atomic mass is 9.82. The predicted octanol–water partition coefficient (Wildman–Crippen LogP) is 19.2. The van der Waals surface area contributed by atoms with Gasteiger partial charge in [-0.3, -0.25) is 0 Å². The van der Waals surface area contributed by atoms with Gasteiger partial charge in [0.2, 0.25) is 0 Å². The summed E-state index contributed by atoms with van der Waals surface area (Å²) < 4.78 is 2.45. The van der Waals surface area contributed by atoms with E-state index in [0.717, 1.165) is 36.3 Å². The summed E-state index contributed by atoms with van der Waals surface area (Å²) >= 11 is 0. The predicted molar refractivity (Wildman–Crippen MR) is 311 cm³/mol. The van der Waals surface area contributed by atoms with Crippen LogP contribution in [-0.4, -0.2) is 4.57 Å². The third-order valence-corrected chi connectivity index (χ3v) is 14.4. The van der Waals surface area contributed by atoms with E-state index < -0.39 is 0 Å². The Morgan fingerprint density at radius 1 is 0.639 bits per heavy atom. The average molecular weight is 929 g/mol. The maximum Gasteiger partial charge on any atom is 0.0547 e. The van der Waals surface area contributed by atoms with E-state index in [0.29, 0.717) is 5.92 Å². The van der Waals surface area contributed by atoms with E-state index in [1.807, 2.05) is 26.0 Å². The van der Waals surface area contributed by atoms with E-state index in [4.69, 9.17) is 0 Å². The van der Waals surface area contributed by atoms with Gasteiger partial charge in [0.1, 0.15) is 0 Å². The van der Waals surface area contributed by atoms with Crippen molar-refractivity contribution in [3.8, 4) is 27.9 Å². The molecule has 1 atom stereocenters. The van der Waals surface area contributed by atoms with Gasteiger partial charge in [-0.1, -0.05) is 203 Å². The van der Waals surface area contributed by atoms with E-state index in [1.54, 1.807) is 0 Å². The minimum atomic E-state index is 0.526. The van der Waals surface area contributed by atoms with Crippen LogP contribution in [0.2, 0.25) is 0 Å². The molecule has 350 valence electrons. The summed E-state index contributed by atoms with van der Waals surface area (Å²) in [6.07, 6.45) is 22.8. The van der Waals surface area contributed by atoms with Crippen molar-refractivity contribution in [1.29, 1.82) is 0 Å². The second-order valence-electron chi connectivity index (χ2n) is 19.0. The Bertz CT molecular complexity index is 3680. The summed E-state index contributed by atoms with van der Waals surface area (Å²) in [4.78, 5) is 2.44. The molecule has 3 aliphatic rings. The summed E-state index contributed by atoms with van der Waals surface area (Å²) in [7, 11) is 0. The van der Waals surface area contributed by atoms with Gasteiger partial charge in [-0.15, -0.1) is 0 Å². The highest BCUT2D eigenvalue weighted by molar-refractivity contribution is 6.11. The lowest BCUT2D eigenvalue weighted by Gasteiger charge is -2.28. The van der Waals surface area contributed by atoms with Gasteiger partial charge in [0.15, 0.2) is 0 Å². The van der Waals surface area contributed by atoms with Crippen LogP contribution in [0.5, 0.6) is 0 Å². The maximum absolute atomic E-state index is 3.84. The number of rotatable bonds is 11. The van der Waals surface area contributed by atoms with Crippen molar-refractivity contribution in [2.24, 2.45) is 5.92 Å². The Balaban J connectivity index is 0.00000277. The molecule has 2 heteroatoms. The summed E-state index contributed by atoms with van der Waals surface area (Å²) in [5.74, 6) is 0.526. The molecule has 8 aromatic carbocycles. The quantitative estimate of drug-likeness (QED) is 0.117. The molecular weight excluding hydrogens is 869 g/mol. The minimum absolute atomic E-state index is 0.526. The average Bonchev–Trinajstić information content (AvgIpc) is 4.17. The molecular formula is C70H60N2. The van der Waals surface area contributed by atoms with E-state index in [1.165, 1.54) is 105 Å². The van der Waals surface area contributed by atoms with Crippen molar-refractivity contribution >= 4 is 56.1 Å². The van der Waals surface area contributed by atoms with Crippen molar-refractivity contribution in [3.05, 3.63) is 282 Å². The number of fused-ring (bicyclic) bond motifs is 5. The number of aromatic nitrogens is 1. The molecule has 0 saturated carbocycles. The first-order valence-electron chi connectivity index (χ1n) is 25.7. The fraction of sp³-hybridized carbons (Fsp3) is 0.114. The molecule has 12 rings (SSSR count). The minimum Gasteiger partial charge on any atom is -0.310 e. The Hall–Kier alpha value is -8.46. The first kappa shape index (κ1) is 46.0. The second kappa shape index (κ2) is 20.1. The molecule has 0 radical (unpaired) electrons. The molecule has 0 aliphatic heterocycles. The van der Waals surface area contributed by atoms with E-state index in [2.05, 4.69) is 254 Å². The summed E-state index contributed by atoms with van der Waals surface area (Å²) in [5.41, 5.74) is 24.6. The third-order valence-electron chi connectivity index (χ3n) is 14.4. The normalized spacial score (nSPS) is 15.2. The Kier molecular flexibility index (Phi) is 12.8. The van der Waals surface area contributed by atoms with E-state index in [9.17, 15) is 0 Å². The lowest BCUT2D eigenvalue weighted by molar-refractivity contribution is 0.734. The van der Waals surface area contributed by atoms with Gasteiger partial charge in [0.25, 0.3) is 0 Å². The molecule has 72 heavy (non-hydrogen) atoms. The molecule has 0 spiro atoms. The molecule has 0 bridgehead atoms. The smallest absolute Gasteiger partial charge is 0.0547 e. The van der Waals surface area contributed by atoms with E-state index in [-0.39, 0.29) is 0 Å². The molecule has 9 aromatic rings. The SMILES string of the molecule is C=C/C=C\Cc1ccc(-n2c3cc(-c4ccccc4)ccc3c3ccc(-c4ccc(N(c5ccc6c(c5)C6)c5ccc6c(c5)/C(=C(/C5=CCC(C)C=C5)c5ccccc5)C(C)=CC=C6)cc4)cc32)cc1.CC. The molecule has 0 fully saturated rings. The van der Waals surface area contributed by atoms with Gasteiger partial charge >= 0.3 is 0 Å². The molecule has 0 saturated heterocycles. The van der Waals surface area contributed by atoms with Gasteiger partial charge in [-0.2, -0.15) is 0 Å². The molecule has 2 nitrogen and oxygen atoms in total. The zero-order chi connectivity index (χ0) is 49.1. The first-order valence-corrected chi connectivity index (χ1v) is 25.7. The number of anilines is 3. The van der Waals surface area contributed by atoms with Gasteiger partial charge in [-0.25, -0.2) is 0 Å². The Morgan fingerprint density at radius 2 is 1.28 bits per heavy atom. The molecule has 3 aliphatic carbocycles. The number of nitrogens with zero attached hydrogens (tertiary/aromatic N) is 2. The van der Waals surface area contributed by atoms with Crippen molar-refractivity contribution in [2.45, 2.75) is 47.0 Å². The second-order valence-corrected chi connectivity index (χ2v) is 19.0. The number of allylic oxidation sites excluding steroid dienone is 12. The first-order chi connectivity index (χ1) is 35.5. The van der Waals surface area contributed by atoms with Gasteiger partial charge in [0.05, 0.1) is 11.0 Å². The maximum atomic E-state index is 3.84. The van der Waals surface area contributed by atoms with E-state index >= 15 is 0 Å². The Morgan fingerprint density at radius 3 is 1.94 bits per heavy atom. The van der Waals surface area contributed by atoms with Crippen molar-refractivity contribution < 1.29 is 0 Å². The lowest BCUT2D eigenvalue weighted by Crippen LogP contribution is -2.11. The van der Waals surface area contributed by atoms with Gasteiger partial charge < -0.3 is 9.47 Å². The van der Waals surface area contributed by atoms with Crippen LogP contribution in [-0.2, 0) is 12.8 Å². The zero-order valence-corrected chi connectivity index (χ0v) is 41.8. The fourth-order valence-corrected chi connectivity index (χ4v) is 10.6. The summed E-state index contributed by atoms with van der Waals surface area (Å²) in [6.45, 7) is 12.4. The topological polar surface area (TPSA) is 8.17 Å². The molecule has 1 heterocycles. The van der Waals surface area contributed by atoms with Crippen LogP contribution in [0.1, 0.15) is 67.5 Å². The zero-order valence-electron chi connectivity index (χ0n) is 41.8. The van der Waals surface area contributed by atoms with Crippen LogP contribution in [0, 0.1) is 5.92 Å². The monoisotopic (exact) mass is 928 g/mol. The van der Waals surface area contributed by atoms with Crippen LogP contribution in [0.4, 0.5) is 17.1 Å². The largest absolute Gasteiger partial charge is 0.310 e. The van der Waals surface area contributed by atoms with Crippen LogP contribution in [0.15, 0.2) is 248 Å². The molecule has 1 unspecified atom stereocenters. The van der Waals surface area contributed by atoms with Crippen LogP contribution in [0.25, 0.3) is 67.0 Å². The fourth-order valence-electron chi connectivity index (χ4n) is 10.6. The highest BCUT2D eigenvalue weighted by Gasteiger charge is 2.25. The molecule has 1 aromatic heterocycles. The summed E-state index contributed by atoms with van der Waals surface area (Å²) in [6, 6.07) is 67.8.